The van der Waals surface area contributed by atoms with Crippen molar-refractivity contribution in [3.05, 3.63) is 53.3 Å². The molecule has 0 atom stereocenters. The largest absolute Gasteiger partial charge is 0.398 e. The van der Waals surface area contributed by atoms with Crippen molar-refractivity contribution in [2.75, 3.05) is 10.5 Å². The van der Waals surface area contributed by atoms with Crippen LogP contribution in [0.25, 0.3) is 0 Å². The molecule has 2 aromatic carbocycles. The number of aryl methyl sites for hydroxylation is 2. The van der Waals surface area contributed by atoms with Gasteiger partial charge in [-0.3, -0.25) is 4.72 Å². The van der Waals surface area contributed by atoms with Gasteiger partial charge < -0.3 is 5.73 Å². The van der Waals surface area contributed by atoms with E-state index in [-0.39, 0.29) is 4.90 Å². The van der Waals surface area contributed by atoms with Crippen molar-refractivity contribution in [3.63, 3.8) is 0 Å². The first-order chi connectivity index (χ1) is 9.29. The van der Waals surface area contributed by atoms with Crippen molar-refractivity contribution in [3.8, 4) is 0 Å². The number of halogens is 1. The molecule has 0 saturated carbocycles. The fourth-order valence-electron chi connectivity index (χ4n) is 1.83. The molecule has 0 aliphatic carbocycles. The van der Waals surface area contributed by atoms with Gasteiger partial charge in [0.2, 0.25) is 0 Å². The predicted molar refractivity (Wildman–Crippen MR) is 77.5 cm³/mol. The SMILES string of the molecule is Cc1ccc(NS(=O)(=O)c2ccc(F)cc2C)cc1N. The lowest BCUT2D eigenvalue weighted by molar-refractivity contribution is 0.598. The zero-order valence-electron chi connectivity index (χ0n) is 11.1. The maximum absolute atomic E-state index is 13.0. The van der Waals surface area contributed by atoms with Crippen LogP contribution in [-0.2, 0) is 10.0 Å². The summed E-state index contributed by atoms with van der Waals surface area (Å²) in [4.78, 5) is 0.0399. The van der Waals surface area contributed by atoms with Crippen molar-refractivity contribution in [1.82, 2.24) is 0 Å². The topological polar surface area (TPSA) is 72.2 Å². The van der Waals surface area contributed by atoms with E-state index in [9.17, 15) is 12.8 Å². The maximum Gasteiger partial charge on any atom is 0.262 e. The van der Waals surface area contributed by atoms with Gasteiger partial charge in [-0.15, -0.1) is 0 Å². The second kappa shape index (κ2) is 5.13. The van der Waals surface area contributed by atoms with E-state index in [1.54, 1.807) is 25.1 Å². The highest BCUT2D eigenvalue weighted by Gasteiger charge is 2.17. The van der Waals surface area contributed by atoms with Crippen molar-refractivity contribution >= 4 is 21.4 Å². The Kier molecular flexibility index (Phi) is 3.67. The molecule has 0 aliphatic rings. The van der Waals surface area contributed by atoms with Crippen LogP contribution in [0, 0.1) is 19.7 Å². The van der Waals surface area contributed by atoms with Gasteiger partial charge in [-0.1, -0.05) is 6.07 Å². The van der Waals surface area contributed by atoms with Gasteiger partial charge in [0, 0.05) is 5.69 Å². The second-order valence-corrected chi connectivity index (χ2v) is 6.24. The smallest absolute Gasteiger partial charge is 0.262 e. The molecule has 0 unspecified atom stereocenters. The molecule has 0 spiro atoms. The van der Waals surface area contributed by atoms with Crippen molar-refractivity contribution < 1.29 is 12.8 Å². The fourth-order valence-corrected chi connectivity index (χ4v) is 3.11. The summed E-state index contributed by atoms with van der Waals surface area (Å²) in [6, 6.07) is 8.44. The fraction of sp³-hybridized carbons (Fsp3) is 0.143. The molecule has 4 nitrogen and oxygen atoms in total. The molecule has 0 bridgehead atoms. The number of rotatable bonds is 3. The maximum atomic E-state index is 13.0. The minimum absolute atomic E-state index is 0.0399. The monoisotopic (exact) mass is 294 g/mol. The predicted octanol–water partition coefficient (Wildman–Crippen LogP) is 2.83. The minimum Gasteiger partial charge on any atom is -0.398 e. The molecule has 0 aromatic heterocycles. The van der Waals surface area contributed by atoms with Crippen LogP contribution in [0.4, 0.5) is 15.8 Å². The van der Waals surface area contributed by atoms with Gasteiger partial charge in [-0.25, -0.2) is 12.8 Å². The summed E-state index contributed by atoms with van der Waals surface area (Å²) >= 11 is 0. The highest BCUT2D eigenvalue weighted by Crippen LogP contribution is 2.22. The quantitative estimate of drug-likeness (QED) is 0.855. The van der Waals surface area contributed by atoms with Gasteiger partial charge in [0.15, 0.2) is 0 Å². The lowest BCUT2D eigenvalue weighted by atomic mass is 10.2. The molecule has 0 amide bonds. The Balaban J connectivity index is 2.38. The summed E-state index contributed by atoms with van der Waals surface area (Å²) in [5.41, 5.74) is 7.83. The molecule has 0 heterocycles. The van der Waals surface area contributed by atoms with Crippen LogP contribution in [0.1, 0.15) is 11.1 Å². The van der Waals surface area contributed by atoms with Gasteiger partial charge in [-0.05, 0) is 55.3 Å². The Morgan fingerprint density at radius 1 is 1.05 bits per heavy atom. The zero-order valence-corrected chi connectivity index (χ0v) is 12.0. The van der Waals surface area contributed by atoms with E-state index in [0.29, 0.717) is 16.9 Å². The number of hydrogen-bond acceptors (Lipinski definition) is 3. The van der Waals surface area contributed by atoms with Crippen LogP contribution in [0.2, 0.25) is 0 Å². The molecule has 0 fully saturated rings. The number of sulfonamides is 1. The van der Waals surface area contributed by atoms with Crippen LogP contribution in [0.15, 0.2) is 41.3 Å². The molecule has 0 aliphatic heterocycles. The Labute approximate surface area is 117 Å². The minimum atomic E-state index is -3.76. The number of nitrogens with one attached hydrogen (secondary N) is 1. The number of anilines is 2. The molecule has 0 saturated heterocycles. The van der Waals surface area contributed by atoms with E-state index in [1.165, 1.54) is 12.1 Å². The van der Waals surface area contributed by atoms with Crippen LogP contribution in [-0.4, -0.2) is 8.42 Å². The third-order valence-electron chi connectivity index (χ3n) is 2.96. The molecule has 2 rings (SSSR count). The summed E-state index contributed by atoms with van der Waals surface area (Å²) in [5.74, 6) is -0.471. The lowest BCUT2D eigenvalue weighted by Crippen LogP contribution is -2.14. The third-order valence-corrected chi connectivity index (χ3v) is 4.50. The summed E-state index contributed by atoms with van der Waals surface area (Å²) in [6.07, 6.45) is 0. The second-order valence-electron chi connectivity index (χ2n) is 4.59. The first kappa shape index (κ1) is 14.3. The van der Waals surface area contributed by atoms with E-state index in [2.05, 4.69) is 4.72 Å². The summed E-state index contributed by atoms with van der Waals surface area (Å²) < 4.78 is 40.0. The molecule has 0 radical (unpaired) electrons. The molecule has 106 valence electrons. The van der Waals surface area contributed by atoms with Crippen molar-refractivity contribution in [1.29, 1.82) is 0 Å². The Morgan fingerprint density at radius 2 is 1.75 bits per heavy atom. The highest BCUT2D eigenvalue weighted by atomic mass is 32.2. The average Bonchev–Trinajstić information content (AvgIpc) is 2.33. The zero-order chi connectivity index (χ0) is 14.9. The Morgan fingerprint density at radius 3 is 2.35 bits per heavy atom. The number of benzene rings is 2. The van der Waals surface area contributed by atoms with Crippen molar-refractivity contribution in [2.24, 2.45) is 0 Å². The molecule has 6 heteroatoms. The number of nitrogen functional groups attached to an aromatic ring is 1. The molecule has 20 heavy (non-hydrogen) atoms. The summed E-state index contributed by atoms with van der Waals surface area (Å²) in [7, 11) is -3.76. The normalized spacial score (nSPS) is 11.3. The summed E-state index contributed by atoms with van der Waals surface area (Å²) in [6.45, 7) is 3.37. The van der Waals surface area contributed by atoms with Crippen LogP contribution < -0.4 is 10.5 Å². The van der Waals surface area contributed by atoms with E-state index in [0.717, 1.165) is 11.6 Å². The summed E-state index contributed by atoms with van der Waals surface area (Å²) in [5, 5.41) is 0. The number of hydrogen-bond donors (Lipinski definition) is 2. The van der Waals surface area contributed by atoms with E-state index in [1.807, 2.05) is 6.92 Å². The van der Waals surface area contributed by atoms with Gasteiger partial charge in [0.05, 0.1) is 10.6 Å². The van der Waals surface area contributed by atoms with Gasteiger partial charge in [0.1, 0.15) is 5.82 Å². The van der Waals surface area contributed by atoms with Crippen LogP contribution in [0.3, 0.4) is 0 Å². The third kappa shape index (κ3) is 2.91. The first-order valence-corrected chi connectivity index (χ1v) is 7.43. The van der Waals surface area contributed by atoms with Crippen molar-refractivity contribution in [2.45, 2.75) is 18.7 Å². The van der Waals surface area contributed by atoms with Gasteiger partial charge >= 0.3 is 0 Å². The first-order valence-electron chi connectivity index (χ1n) is 5.95. The number of nitrogens with two attached hydrogens (primary N) is 1. The molecule has 2 aromatic rings. The van der Waals surface area contributed by atoms with E-state index >= 15 is 0 Å². The average molecular weight is 294 g/mol. The standard InChI is InChI=1S/C14H15FN2O2S/c1-9-3-5-12(8-13(9)16)17-20(18,19)14-6-4-11(15)7-10(14)2/h3-8,17H,16H2,1-2H3. The highest BCUT2D eigenvalue weighted by molar-refractivity contribution is 7.92. The van der Waals surface area contributed by atoms with Gasteiger partial charge in [0.25, 0.3) is 10.0 Å². The Hall–Kier alpha value is -2.08. The molecular formula is C14H15FN2O2S. The molecule has 3 N–H and O–H groups in total. The van der Waals surface area contributed by atoms with Crippen LogP contribution >= 0.6 is 0 Å². The van der Waals surface area contributed by atoms with E-state index in [4.69, 9.17) is 5.73 Å². The Bertz CT molecular complexity index is 758. The lowest BCUT2D eigenvalue weighted by Gasteiger charge is -2.11. The molecular weight excluding hydrogens is 279 g/mol. The van der Waals surface area contributed by atoms with Gasteiger partial charge in [-0.2, -0.15) is 0 Å². The van der Waals surface area contributed by atoms with Crippen LogP contribution in [0.5, 0.6) is 0 Å². The van der Waals surface area contributed by atoms with E-state index < -0.39 is 15.8 Å².